The maximum Gasteiger partial charge on any atom is 0.338 e. The standard InChI is InChI=1S/C48H56O24/c1-22(62-24(3)50)32-17-48(72-44(32)57)16-15-31-33(43(56)58-9)19-61-45(36(31)48)71-47-42(67-29(8)55)40(65-27(6)53)38(34(68-47)20-59-18-30-13-11-10-12-14-30)70-46-41(66-28(7)54)39(64-26(5)52)37(63-25(4)51)35(69-46)21-60-23(2)49/h10-17,19,22,31,34-42,45-47H,18,20-21H2,1-9H3/t22-,31+,34+,35+,36+,37+,38+,39-,40-,41+,42+,45-,46-,47-,48+/m0/s1. The van der Waals surface area contributed by atoms with Gasteiger partial charge in [0.25, 0.3) is 0 Å². The molecule has 0 bridgehead atoms. The van der Waals surface area contributed by atoms with Crippen LogP contribution in [0.1, 0.15) is 61.0 Å². The molecule has 1 aromatic carbocycles. The second kappa shape index (κ2) is 23.7. The Morgan fingerprint density at radius 1 is 0.639 bits per heavy atom. The van der Waals surface area contributed by atoms with Crippen LogP contribution in [0.4, 0.5) is 0 Å². The first kappa shape index (κ1) is 54.6. The molecule has 2 saturated heterocycles. The smallest absolute Gasteiger partial charge is 0.338 e. The van der Waals surface area contributed by atoms with Gasteiger partial charge in [0.1, 0.15) is 31.0 Å². The highest BCUT2D eigenvalue weighted by Gasteiger charge is 2.62. The van der Waals surface area contributed by atoms with Crippen LogP contribution in [0.2, 0.25) is 0 Å². The third kappa shape index (κ3) is 13.0. The third-order valence-corrected chi connectivity index (χ3v) is 11.6. The molecule has 6 rings (SSSR count). The van der Waals surface area contributed by atoms with Gasteiger partial charge in [-0.1, -0.05) is 36.4 Å². The average Bonchev–Trinajstić information content (AvgIpc) is 3.84. The molecule has 24 heteroatoms. The van der Waals surface area contributed by atoms with E-state index in [9.17, 15) is 43.2 Å². The van der Waals surface area contributed by atoms with E-state index < -0.39 is 158 Å². The monoisotopic (exact) mass is 1020 g/mol. The van der Waals surface area contributed by atoms with Crippen molar-refractivity contribution in [3.63, 3.8) is 0 Å². The Morgan fingerprint density at radius 2 is 1.18 bits per heavy atom. The van der Waals surface area contributed by atoms with Crippen LogP contribution in [-0.2, 0) is 121 Å². The maximum atomic E-state index is 13.5. The van der Waals surface area contributed by atoms with Crippen LogP contribution in [0.3, 0.4) is 0 Å². The number of allylic oxidation sites excluding steroid dienone is 1. The average molecular weight is 1020 g/mol. The van der Waals surface area contributed by atoms with Gasteiger partial charge in [0.05, 0.1) is 43.6 Å². The summed E-state index contributed by atoms with van der Waals surface area (Å²) in [5.41, 5.74) is -1.06. The quantitative estimate of drug-likeness (QED) is 0.115. The van der Waals surface area contributed by atoms with Crippen LogP contribution in [0.25, 0.3) is 0 Å². The third-order valence-electron chi connectivity index (χ3n) is 11.6. The fourth-order valence-electron chi connectivity index (χ4n) is 8.94. The van der Waals surface area contributed by atoms with Crippen molar-refractivity contribution in [2.75, 3.05) is 20.3 Å². The number of rotatable bonds is 18. The Labute approximate surface area is 412 Å². The molecule has 0 radical (unpaired) electrons. The van der Waals surface area contributed by atoms with Gasteiger partial charge in [-0.05, 0) is 24.6 Å². The fraction of sp³-hybridized carbons (Fsp3) is 0.562. The highest BCUT2D eigenvalue weighted by Crippen LogP contribution is 2.51. The van der Waals surface area contributed by atoms with Gasteiger partial charge in [-0.15, -0.1) is 0 Å². The molecule has 2 fully saturated rings. The van der Waals surface area contributed by atoms with Crippen molar-refractivity contribution in [2.45, 2.75) is 141 Å². The van der Waals surface area contributed by atoms with E-state index in [2.05, 4.69) is 0 Å². The van der Waals surface area contributed by atoms with Crippen LogP contribution in [-0.4, -0.2) is 153 Å². The van der Waals surface area contributed by atoms with Gasteiger partial charge in [0, 0.05) is 54.4 Å². The number of ether oxygens (including phenoxy) is 15. The van der Waals surface area contributed by atoms with Gasteiger partial charge >= 0.3 is 53.7 Å². The van der Waals surface area contributed by atoms with Gasteiger partial charge in [0.2, 0.25) is 12.6 Å². The summed E-state index contributed by atoms with van der Waals surface area (Å²) in [6.45, 7) is 7.81. The van der Waals surface area contributed by atoms with E-state index in [4.69, 9.17) is 71.1 Å². The molecule has 0 saturated carbocycles. The lowest BCUT2D eigenvalue weighted by Gasteiger charge is -2.49. The summed E-state index contributed by atoms with van der Waals surface area (Å²) in [4.78, 5) is 115. The normalized spacial score (nSPS) is 31.7. The van der Waals surface area contributed by atoms with E-state index in [1.807, 2.05) is 0 Å². The SMILES string of the molecule is COC(=O)C1=CO[C@@H](O[C@@H]2O[C@H](COCc3ccccc3)[C@@H](O[C@@H]3O[C@H](COC(C)=O)[C@@H](OC(C)=O)[C@H](OC(C)=O)[C@H]3OC(C)=O)[C@H](OC(C)=O)[C@H]2OC(C)=O)[C@H]2[C@@H]1C=C[C@@]21C=C([C@H](C)OC(C)=O)C(=O)O1. The zero-order chi connectivity index (χ0) is 52.6. The molecule has 0 aromatic heterocycles. The molecule has 0 amide bonds. The summed E-state index contributed by atoms with van der Waals surface area (Å²) in [6, 6.07) is 8.89. The van der Waals surface area contributed by atoms with E-state index in [1.165, 1.54) is 19.1 Å². The summed E-state index contributed by atoms with van der Waals surface area (Å²) in [7, 11) is 1.15. The minimum absolute atomic E-state index is 0.00855. The lowest BCUT2D eigenvalue weighted by molar-refractivity contribution is -0.377. The van der Waals surface area contributed by atoms with Crippen molar-refractivity contribution >= 4 is 53.7 Å². The summed E-state index contributed by atoms with van der Waals surface area (Å²) < 4.78 is 88.2. The van der Waals surface area contributed by atoms with Gasteiger partial charge in [-0.2, -0.15) is 0 Å². The van der Waals surface area contributed by atoms with E-state index in [0.717, 1.165) is 61.8 Å². The van der Waals surface area contributed by atoms with Gasteiger partial charge in [-0.25, -0.2) is 9.59 Å². The molecule has 5 aliphatic rings. The molecule has 72 heavy (non-hydrogen) atoms. The molecule has 15 atom stereocenters. The van der Waals surface area contributed by atoms with Crippen molar-refractivity contribution in [1.82, 2.24) is 0 Å². The van der Waals surface area contributed by atoms with Crippen molar-refractivity contribution in [3.05, 3.63) is 71.5 Å². The predicted molar refractivity (Wildman–Crippen MR) is 233 cm³/mol. The first-order valence-electron chi connectivity index (χ1n) is 22.6. The Hall–Kier alpha value is -6.73. The Bertz CT molecular complexity index is 2320. The number of benzene rings is 1. The topological polar surface area (TPSA) is 292 Å². The zero-order valence-electron chi connectivity index (χ0n) is 40.7. The van der Waals surface area contributed by atoms with Gasteiger partial charge < -0.3 is 71.1 Å². The van der Waals surface area contributed by atoms with Crippen LogP contribution in [0.15, 0.2) is 66.0 Å². The second-order valence-electron chi connectivity index (χ2n) is 17.1. The summed E-state index contributed by atoms with van der Waals surface area (Å²) in [6.07, 6.45) is -14.0. The minimum Gasteiger partial charge on any atom is -0.471 e. The van der Waals surface area contributed by atoms with E-state index in [-0.39, 0.29) is 17.8 Å². The Morgan fingerprint density at radius 3 is 1.74 bits per heavy atom. The van der Waals surface area contributed by atoms with Crippen molar-refractivity contribution < 1.29 is 114 Å². The van der Waals surface area contributed by atoms with E-state index in [1.54, 1.807) is 36.4 Å². The number of methoxy groups -OCH3 is 1. The minimum atomic E-state index is -1.88. The lowest BCUT2D eigenvalue weighted by atomic mass is 9.78. The van der Waals surface area contributed by atoms with Crippen LogP contribution < -0.4 is 0 Å². The highest BCUT2D eigenvalue weighted by atomic mass is 16.8. The van der Waals surface area contributed by atoms with Gasteiger partial charge in [0.15, 0.2) is 42.4 Å². The van der Waals surface area contributed by atoms with Crippen molar-refractivity contribution in [2.24, 2.45) is 11.8 Å². The van der Waals surface area contributed by atoms with Crippen LogP contribution in [0.5, 0.6) is 0 Å². The molecule has 1 aromatic rings. The Balaban J connectivity index is 1.45. The highest BCUT2D eigenvalue weighted by molar-refractivity contribution is 5.94. The molecule has 1 spiro atoms. The summed E-state index contributed by atoms with van der Waals surface area (Å²) >= 11 is 0. The first-order valence-corrected chi connectivity index (χ1v) is 22.6. The zero-order valence-corrected chi connectivity index (χ0v) is 40.7. The Kier molecular flexibility index (Phi) is 17.9. The number of fused-ring (bicyclic) bond motifs is 2. The summed E-state index contributed by atoms with van der Waals surface area (Å²) in [5, 5.41) is 0. The van der Waals surface area contributed by atoms with Crippen molar-refractivity contribution in [3.8, 4) is 0 Å². The van der Waals surface area contributed by atoms with E-state index >= 15 is 0 Å². The molecular formula is C48H56O24. The molecule has 0 N–H and O–H groups in total. The van der Waals surface area contributed by atoms with Crippen LogP contribution >= 0.6 is 0 Å². The fourth-order valence-corrected chi connectivity index (χ4v) is 8.94. The molecule has 0 unspecified atom stereocenters. The molecule has 392 valence electrons. The maximum absolute atomic E-state index is 13.5. The number of carbonyl (C=O) groups excluding carboxylic acids is 9. The molecule has 1 aliphatic carbocycles. The van der Waals surface area contributed by atoms with Crippen LogP contribution in [0, 0.1) is 11.8 Å². The second-order valence-corrected chi connectivity index (χ2v) is 17.1. The van der Waals surface area contributed by atoms with E-state index in [0.29, 0.717) is 5.56 Å². The first-order chi connectivity index (χ1) is 34.1. The predicted octanol–water partition coefficient (Wildman–Crippen LogP) is 1.67. The van der Waals surface area contributed by atoms with Gasteiger partial charge in [-0.3, -0.25) is 33.6 Å². The number of hydrogen-bond donors (Lipinski definition) is 0. The molecule has 4 aliphatic heterocycles. The largest absolute Gasteiger partial charge is 0.471 e. The number of carbonyl (C=O) groups is 9. The number of hydrogen-bond acceptors (Lipinski definition) is 24. The number of esters is 9. The lowest BCUT2D eigenvalue weighted by Crippen LogP contribution is -2.67. The summed E-state index contributed by atoms with van der Waals surface area (Å²) in [5.74, 6) is -9.91. The molecular weight excluding hydrogens is 961 g/mol. The molecule has 24 nitrogen and oxygen atoms in total. The molecule has 4 heterocycles. The van der Waals surface area contributed by atoms with Crippen molar-refractivity contribution in [1.29, 1.82) is 0 Å².